The van der Waals surface area contributed by atoms with Crippen LogP contribution in [-0.4, -0.2) is 37.9 Å². The lowest BCUT2D eigenvalue weighted by molar-refractivity contribution is 0.291. The molecule has 1 aromatic carbocycles. The molecule has 2 aliphatic rings. The minimum Gasteiger partial charge on any atom is -0.395 e. The van der Waals surface area contributed by atoms with Gasteiger partial charge in [-0.25, -0.2) is 0 Å². The van der Waals surface area contributed by atoms with Crippen LogP contribution in [0.1, 0.15) is 18.4 Å². The van der Waals surface area contributed by atoms with Crippen molar-refractivity contribution in [1.82, 2.24) is 5.32 Å². The van der Waals surface area contributed by atoms with Gasteiger partial charge >= 0.3 is 0 Å². The van der Waals surface area contributed by atoms with Crippen LogP contribution in [0.5, 0.6) is 0 Å². The van der Waals surface area contributed by atoms with E-state index in [1.165, 1.54) is 24.1 Å². The van der Waals surface area contributed by atoms with E-state index in [4.69, 9.17) is 0 Å². The van der Waals surface area contributed by atoms with Crippen molar-refractivity contribution in [2.24, 2.45) is 0 Å². The van der Waals surface area contributed by atoms with Crippen molar-refractivity contribution in [3.63, 3.8) is 0 Å². The van der Waals surface area contributed by atoms with Crippen molar-refractivity contribution in [2.75, 3.05) is 37.7 Å². The number of nitrogens with one attached hydrogen (secondary N) is 1. The van der Waals surface area contributed by atoms with Gasteiger partial charge in [0.25, 0.3) is 0 Å². The number of benzene rings is 1. The number of anilines is 1. The SMILES string of the molecule is OCCN1CC2(CCCNC2)c2ccccc21. The van der Waals surface area contributed by atoms with Crippen molar-refractivity contribution in [1.29, 1.82) is 0 Å². The van der Waals surface area contributed by atoms with E-state index in [0.717, 1.165) is 26.2 Å². The molecule has 0 bridgehead atoms. The molecule has 2 heterocycles. The van der Waals surface area contributed by atoms with Crippen molar-refractivity contribution < 1.29 is 5.11 Å². The van der Waals surface area contributed by atoms with Gasteiger partial charge in [0.15, 0.2) is 0 Å². The zero-order valence-corrected chi connectivity index (χ0v) is 10.2. The van der Waals surface area contributed by atoms with Gasteiger partial charge in [0.1, 0.15) is 0 Å². The molecule has 0 radical (unpaired) electrons. The Morgan fingerprint density at radius 1 is 1.35 bits per heavy atom. The predicted molar refractivity (Wildman–Crippen MR) is 69.5 cm³/mol. The van der Waals surface area contributed by atoms with E-state index >= 15 is 0 Å². The van der Waals surface area contributed by atoms with E-state index in [2.05, 4.69) is 34.5 Å². The fourth-order valence-electron chi connectivity index (χ4n) is 3.39. The molecule has 0 aromatic heterocycles. The largest absolute Gasteiger partial charge is 0.395 e. The van der Waals surface area contributed by atoms with Gasteiger partial charge in [-0.15, -0.1) is 0 Å². The Bertz CT molecular complexity index is 399. The van der Waals surface area contributed by atoms with Crippen LogP contribution >= 0.6 is 0 Å². The van der Waals surface area contributed by atoms with Gasteiger partial charge in [0.2, 0.25) is 0 Å². The topological polar surface area (TPSA) is 35.5 Å². The third-order valence-corrected chi connectivity index (χ3v) is 4.15. The molecule has 92 valence electrons. The highest BCUT2D eigenvalue weighted by Gasteiger charge is 2.42. The van der Waals surface area contributed by atoms with Crippen LogP contribution in [0, 0.1) is 0 Å². The quantitative estimate of drug-likeness (QED) is 0.802. The van der Waals surface area contributed by atoms with Crippen LogP contribution in [-0.2, 0) is 5.41 Å². The Hall–Kier alpha value is -1.06. The standard InChI is InChI=1S/C14H20N2O/c17-9-8-16-11-14(6-3-7-15-10-14)12-4-1-2-5-13(12)16/h1-2,4-5,15,17H,3,6-11H2. The Labute approximate surface area is 102 Å². The highest BCUT2D eigenvalue weighted by Crippen LogP contribution is 2.43. The first-order valence-corrected chi connectivity index (χ1v) is 6.52. The van der Waals surface area contributed by atoms with Crippen molar-refractivity contribution in [2.45, 2.75) is 18.3 Å². The normalized spacial score (nSPS) is 27.5. The molecule has 1 unspecified atom stereocenters. The Kier molecular flexibility index (Phi) is 2.81. The van der Waals surface area contributed by atoms with Crippen molar-refractivity contribution in [3.05, 3.63) is 29.8 Å². The molecule has 0 aliphatic carbocycles. The molecular weight excluding hydrogens is 212 g/mol. The number of hydrogen-bond donors (Lipinski definition) is 2. The van der Waals surface area contributed by atoms with Crippen LogP contribution < -0.4 is 10.2 Å². The molecule has 1 saturated heterocycles. The molecule has 1 spiro atoms. The van der Waals surface area contributed by atoms with Gasteiger partial charge in [-0.2, -0.15) is 0 Å². The second kappa shape index (κ2) is 4.31. The summed E-state index contributed by atoms with van der Waals surface area (Å²) < 4.78 is 0. The molecular formula is C14H20N2O. The predicted octanol–water partition coefficient (Wildman–Crippen LogP) is 1.12. The summed E-state index contributed by atoms with van der Waals surface area (Å²) in [5.41, 5.74) is 3.08. The van der Waals surface area contributed by atoms with Gasteiger partial charge in [-0.1, -0.05) is 18.2 Å². The third-order valence-electron chi connectivity index (χ3n) is 4.15. The number of rotatable bonds is 2. The molecule has 1 fully saturated rings. The van der Waals surface area contributed by atoms with Crippen LogP contribution in [0.4, 0.5) is 5.69 Å². The number of aliphatic hydroxyl groups is 1. The highest BCUT2D eigenvalue weighted by molar-refractivity contribution is 5.63. The first-order valence-electron chi connectivity index (χ1n) is 6.52. The summed E-state index contributed by atoms with van der Waals surface area (Å²) in [6, 6.07) is 8.68. The van der Waals surface area contributed by atoms with E-state index in [-0.39, 0.29) is 12.0 Å². The van der Waals surface area contributed by atoms with Crippen LogP contribution in [0.15, 0.2) is 24.3 Å². The van der Waals surface area contributed by atoms with Crippen molar-refractivity contribution >= 4 is 5.69 Å². The molecule has 3 heteroatoms. The number of fused-ring (bicyclic) bond motifs is 2. The fourth-order valence-corrected chi connectivity index (χ4v) is 3.39. The van der Waals surface area contributed by atoms with Crippen LogP contribution in [0.25, 0.3) is 0 Å². The lowest BCUT2D eigenvalue weighted by atomic mass is 9.76. The Morgan fingerprint density at radius 3 is 3.00 bits per heavy atom. The van der Waals surface area contributed by atoms with E-state index < -0.39 is 0 Å². The van der Waals surface area contributed by atoms with E-state index in [1.807, 2.05) is 0 Å². The summed E-state index contributed by atoms with van der Waals surface area (Å²) in [5, 5.41) is 12.7. The number of hydrogen-bond acceptors (Lipinski definition) is 3. The van der Waals surface area contributed by atoms with E-state index in [1.54, 1.807) is 0 Å². The van der Waals surface area contributed by atoms with E-state index in [9.17, 15) is 5.11 Å². The maximum Gasteiger partial charge on any atom is 0.0606 e. The number of nitrogens with zero attached hydrogens (tertiary/aromatic N) is 1. The minimum absolute atomic E-state index is 0.234. The first kappa shape index (κ1) is 11.1. The Balaban J connectivity index is 1.98. The summed E-state index contributed by atoms with van der Waals surface area (Å²) in [6.45, 7) is 4.26. The molecule has 3 rings (SSSR count). The van der Waals surface area contributed by atoms with Gasteiger partial charge in [0.05, 0.1) is 6.61 Å². The fraction of sp³-hybridized carbons (Fsp3) is 0.571. The van der Waals surface area contributed by atoms with Crippen LogP contribution in [0.2, 0.25) is 0 Å². The summed E-state index contributed by atoms with van der Waals surface area (Å²) in [6.07, 6.45) is 2.51. The molecule has 0 amide bonds. The Morgan fingerprint density at radius 2 is 2.24 bits per heavy atom. The van der Waals surface area contributed by atoms with E-state index in [0.29, 0.717) is 0 Å². The summed E-state index contributed by atoms with van der Waals surface area (Å²) in [7, 11) is 0. The average molecular weight is 232 g/mol. The zero-order valence-electron chi connectivity index (χ0n) is 10.2. The average Bonchev–Trinajstić information content (AvgIpc) is 2.66. The molecule has 3 nitrogen and oxygen atoms in total. The lowest BCUT2D eigenvalue weighted by Crippen LogP contribution is -2.46. The molecule has 0 saturated carbocycles. The smallest absolute Gasteiger partial charge is 0.0606 e. The summed E-state index contributed by atoms with van der Waals surface area (Å²) >= 11 is 0. The van der Waals surface area contributed by atoms with Gasteiger partial charge in [-0.05, 0) is 31.0 Å². The molecule has 1 aromatic rings. The number of piperidine rings is 1. The lowest BCUT2D eigenvalue weighted by Gasteiger charge is -2.35. The van der Waals surface area contributed by atoms with Gasteiger partial charge in [0, 0.05) is 30.7 Å². The molecule has 17 heavy (non-hydrogen) atoms. The van der Waals surface area contributed by atoms with Crippen LogP contribution in [0.3, 0.4) is 0 Å². The monoisotopic (exact) mass is 232 g/mol. The third kappa shape index (κ3) is 1.74. The number of para-hydroxylation sites is 1. The first-order chi connectivity index (χ1) is 8.36. The maximum absolute atomic E-state index is 9.18. The minimum atomic E-state index is 0.234. The second-order valence-corrected chi connectivity index (χ2v) is 5.22. The maximum atomic E-state index is 9.18. The van der Waals surface area contributed by atoms with Crippen molar-refractivity contribution in [3.8, 4) is 0 Å². The highest BCUT2D eigenvalue weighted by atomic mass is 16.3. The molecule has 2 N–H and O–H groups in total. The van der Waals surface area contributed by atoms with Gasteiger partial charge in [-0.3, -0.25) is 0 Å². The zero-order chi connectivity index (χ0) is 11.7. The molecule has 1 atom stereocenters. The summed E-state index contributed by atoms with van der Waals surface area (Å²) in [4.78, 5) is 2.34. The summed E-state index contributed by atoms with van der Waals surface area (Å²) in [5.74, 6) is 0. The molecule has 2 aliphatic heterocycles. The number of aliphatic hydroxyl groups excluding tert-OH is 1. The second-order valence-electron chi connectivity index (χ2n) is 5.22. The van der Waals surface area contributed by atoms with Gasteiger partial charge < -0.3 is 15.3 Å². The number of β-amino-alcohol motifs (C(OH)–C–C–N with tert-alkyl or cyclic N) is 1.